The number of allylic oxidation sites excluding steroid dienone is 2. The van der Waals surface area contributed by atoms with Crippen LogP contribution in [0.1, 0.15) is 33.2 Å². The minimum atomic E-state index is -1.20. The first-order valence-electron chi connectivity index (χ1n) is 9.20. The maximum Gasteiger partial charge on any atom is 0.335 e. The molecule has 0 fully saturated rings. The summed E-state index contributed by atoms with van der Waals surface area (Å²) in [6, 6.07) is 9.22. The Balaban J connectivity index is 2.01. The van der Waals surface area contributed by atoms with Crippen LogP contribution in [0.15, 0.2) is 70.1 Å². The van der Waals surface area contributed by atoms with Gasteiger partial charge >= 0.3 is 5.97 Å². The molecule has 2 aromatic carbocycles. The van der Waals surface area contributed by atoms with Crippen molar-refractivity contribution in [3.05, 3.63) is 92.7 Å². The highest BCUT2D eigenvalue weighted by atomic mass is 79.9. The molecule has 0 saturated carbocycles. The Morgan fingerprint density at radius 2 is 2.00 bits per heavy atom. The minimum Gasteiger partial charge on any atom is -0.478 e. The number of likely N-dealkylation sites (N-methyl/N-ethyl adjacent to an activating group) is 1. The molecule has 0 bridgehead atoms. The minimum absolute atomic E-state index is 0.135. The number of halogens is 2. The lowest BCUT2D eigenvalue weighted by molar-refractivity contribution is 0.0696. The van der Waals surface area contributed by atoms with E-state index < -0.39 is 11.8 Å². The standard InChI is InChI=1S/C23H20BrFN2O3/c1-13-6-4-8-16(24)20(13)22(28)26-21-14(2)7-5-9-19(21)27(3)18-11-10-15(23(29)30)12-17(18)25/h4,6-12,14H,1-3H3,(H,26,28)(H,29,30). The van der Waals surface area contributed by atoms with Crippen LogP contribution < -0.4 is 10.2 Å². The monoisotopic (exact) mass is 470 g/mol. The van der Waals surface area contributed by atoms with Crippen LogP contribution in [-0.2, 0) is 0 Å². The van der Waals surface area contributed by atoms with Crippen molar-refractivity contribution in [1.82, 2.24) is 5.32 Å². The second kappa shape index (κ2) is 8.69. The number of hydrogen-bond acceptors (Lipinski definition) is 3. The van der Waals surface area contributed by atoms with E-state index in [0.29, 0.717) is 21.4 Å². The average Bonchev–Trinajstić information content (AvgIpc) is 2.68. The Labute approximate surface area is 182 Å². The van der Waals surface area contributed by atoms with Crippen LogP contribution in [0.3, 0.4) is 0 Å². The normalized spacial score (nSPS) is 15.3. The second-order valence-electron chi connectivity index (χ2n) is 6.98. The molecule has 5 nitrogen and oxygen atoms in total. The molecule has 0 radical (unpaired) electrons. The molecule has 1 aliphatic rings. The van der Waals surface area contributed by atoms with Gasteiger partial charge in [-0.3, -0.25) is 4.79 Å². The van der Waals surface area contributed by atoms with Gasteiger partial charge in [0.05, 0.1) is 22.5 Å². The summed E-state index contributed by atoms with van der Waals surface area (Å²) >= 11 is 3.42. The lowest BCUT2D eigenvalue weighted by atomic mass is 10.00. The summed E-state index contributed by atoms with van der Waals surface area (Å²) in [6.45, 7) is 3.75. The van der Waals surface area contributed by atoms with E-state index in [1.54, 1.807) is 24.1 Å². The van der Waals surface area contributed by atoms with Gasteiger partial charge in [0.15, 0.2) is 0 Å². The number of aromatic carboxylic acids is 1. The fraction of sp³-hybridized carbons (Fsp3) is 0.174. The van der Waals surface area contributed by atoms with Crippen molar-refractivity contribution in [3.8, 4) is 0 Å². The molecule has 0 aliphatic heterocycles. The number of carboxylic acid groups (broad SMARTS) is 1. The van der Waals surface area contributed by atoms with Crippen LogP contribution in [-0.4, -0.2) is 24.0 Å². The van der Waals surface area contributed by atoms with Gasteiger partial charge in [-0.1, -0.05) is 19.1 Å². The molecule has 0 heterocycles. The number of nitrogens with one attached hydrogen (secondary N) is 1. The van der Waals surface area contributed by atoms with Gasteiger partial charge in [-0.2, -0.15) is 0 Å². The van der Waals surface area contributed by atoms with Crippen LogP contribution in [0.2, 0.25) is 0 Å². The Kier molecular flexibility index (Phi) is 6.25. The van der Waals surface area contributed by atoms with E-state index in [-0.39, 0.29) is 23.1 Å². The van der Waals surface area contributed by atoms with Gasteiger partial charge in [-0.05, 0) is 58.8 Å². The summed E-state index contributed by atoms with van der Waals surface area (Å²) in [5.41, 5.74) is 5.57. The molecule has 2 N–H and O–H groups in total. The number of nitrogens with zero attached hydrogens (tertiary/aromatic N) is 1. The van der Waals surface area contributed by atoms with Gasteiger partial charge in [0.1, 0.15) is 5.82 Å². The van der Waals surface area contributed by atoms with Gasteiger partial charge in [0, 0.05) is 29.2 Å². The van der Waals surface area contributed by atoms with Crippen LogP contribution in [0.25, 0.3) is 0 Å². The maximum atomic E-state index is 14.6. The number of amides is 1. The molecule has 1 amide bonds. The second-order valence-corrected chi connectivity index (χ2v) is 7.84. The fourth-order valence-corrected chi connectivity index (χ4v) is 3.91. The van der Waals surface area contributed by atoms with Gasteiger partial charge in [-0.15, -0.1) is 5.73 Å². The lowest BCUT2D eigenvalue weighted by Gasteiger charge is -2.28. The van der Waals surface area contributed by atoms with Crippen molar-refractivity contribution in [2.24, 2.45) is 5.92 Å². The number of carbonyl (C=O) groups is 2. The smallest absolute Gasteiger partial charge is 0.335 e. The Morgan fingerprint density at radius 3 is 2.63 bits per heavy atom. The first-order valence-corrected chi connectivity index (χ1v) is 9.99. The van der Waals surface area contributed by atoms with Gasteiger partial charge < -0.3 is 15.3 Å². The van der Waals surface area contributed by atoms with Crippen LogP contribution >= 0.6 is 15.9 Å². The maximum absolute atomic E-state index is 14.6. The lowest BCUT2D eigenvalue weighted by Crippen LogP contribution is -2.32. The third-order valence-electron chi connectivity index (χ3n) is 4.91. The fourth-order valence-electron chi connectivity index (χ4n) is 3.27. The molecular weight excluding hydrogens is 451 g/mol. The van der Waals surface area contributed by atoms with E-state index in [0.717, 1.165) is 11.6 Å². The topological polar surface area (TPSA) is 69.6 Å². The molecule has 0 aromatic heterocycles. The summed E-state index contributed by atoms with van der Waals surface area (Å²) in [5, 5.41) is 12.0. The molecule has 0 saturated heterocycles. The van der Waals surface area contributed by atoms with Crippen molar-refractivity contribution in [2.45, 2.75) is 13.8 Å². The SMILES string of the molecule is Cc1cccc(Br)c1C(=O)NC1=C(N(C)c2ccc(C(=O)O)cc2F)C=C=CC1C. The van der Waals surface area contributed by atoms with E-state index in [1.807, 2.05) is 32.1 Å². The van der Waals surface area contributed by atoms with Crippen molar-refractivity contribution >= 4 is 33.5 Å². The summed E-state index contributed by atoms with van der Waals surface area (Å²) < 4.78 is 15.3. The molecule has 2 aromatic rings. The highest BCUT2D eigenvalue weighted by Crippen LogP contribution is 2.29. The summed E-state index contributed by atoms with van der Waals surface area (Å²) in [5.74, 6) is -2.32. The molecule has 1 atom stereocenters. The Hall–Kier alpha value is -3.15. The zero-order valence-electron chi connectivity index (χ0n) is 16.7. The Bertz CT molecular complexity index is 1110. The molecule has 3 rings (SSSR count). The highest BCUT2D eigenvalue weighted by Gasteiger charge is 2.23. The quantitative estimate of drug-likeness (QED) is 0.600. The van der Waals surface area contributed by atoms with E-state index in [9.17, 15) is 14.0 Å². The summed E-state index contributed by atoms with van der Waals surface area (Å²) in [6.07, 6.45) is 3.47. The van der Waals surface area contributed by atoms with E-state index in [1.165, 1.54) is 12.1 Å². The van der Waals surface area contributed by atoms with Crippen molar-refractivity contribution in [3.63, 3.8) is 0 Å². The van der Waals surface area contributed by atoms with Gasteiger partial charge in [-0.25, -0.2) is 9.18 Å². The predicted molar refractivity (Wildman–Crippen MR) is 117 cm³/mol. The van der Waals surface area contributed by atoms with Gasteiger partial charge in [0.2, 0.25) is 0 Å². The molecule has 1 aliphatic carbocycles. The first-order chi connectivity index (χ1) is 14.2. The number of hydrogen-bond donors (Lipinski definition) is 2. The number of carboxylic acids is 1. The predicted octanol–water partition coefficient (Wildman–Crippen LogP) is 5.03. The Morgan fingerprint density at radius 1 is 1.27 bits per heavy atom. The van der Waals surface area contributed by atoms with E-state index >= 15 is 0 Å². The molecule has 30 heavy (non-hydrogen) atoms. The van der Waals surface area contributed by atoms with Crippen LogP contribution in [0.4, 0.5) is 10.1 Å². The summed E-state index contributed by atoms with van der Waals surface area (Å²) in [7, 11) is 1.65. The average molecular weight is 471 g/mol. The highest BCUT2D eigenvalue weighted by molar-refractivity contribution is 9.10. The van der Waals surface area contributed by atoms with E-state index in [4.69, 9.17) is 5.11 Å². The van der Waals surface area contributed by atoms with Crippen molar-refractivity contribution < 1.29 is 19.1 Å². The third kappa shape index (κ3) is 4.22. The number of rotatable bonds is 5. The summed E-state index contributed by atoms with van der Waals surface area (Å²) in [4.78, 5) is 25.7. The van der Waals surface area contributed by atoms with Crippen molar-refractivity contribution in [2.75, 3.05) is 11.9 Å². The zero-order valence-corrected chi connectivity index (χ0v) is 18.2. The number of benzene rings is 2. The van der Waals surface area contributed by atoms with Crippen molar-refractivity contribution in [1.29, 1.82) is 0 Å². The first kappa shape index (κ1) is 21.6. The molecule has 0 spiro atoms. The third-order valence-corrected chi connectivity index (χ3v) is 5.57. The largest absolute Gasteiger partial charge is 0.478 e. The molecule has 154 valence electrons. The van der Waals surface area contributed by atoms with Gasteiger partial charge in [0.25, 0.3) is 5.91 Å². The number of aryl methyl sites for hydroxylation is 1. The molecule has 7 heteroatoms. The molecular formula is C23H20BrFN2O3. The van der Waals surface area contributed by atoms with Crippen LogP contribution in [0.5, 0.6) is 0 Å². The van der Waals surface area contributed by atoms with E-state index in [2.05, 4.69) is 27.0 Å². The van der Waals surface area contributed by atoms with Crippen LogP contribution in [0, 0.1) is 18.7 Å². The number of carbonyl (C=O) groups excluding carboxylic acids is 1. The number of anilines is 1. The zero-order chi connectivity index (χ0) is 22.0. The molecule has 1 unspecified atom stereocenters.